The lowest BCUT2D eigenvalue weighted by Gasteiger charge is -2.03. The monoisotopic (exact) mass is 288 g/mol. The zero-order valence-electron chi connectivity index (χ0n) is 11.0. The van der Waals surface area contributed by atoms with E-state index in [1.54, 1.807) is 21.9 Å². The van der Waals surface area contributed by atoms with Crippen molar-refractivity contribution in [1.29, 1.82) is 0 Å². The van der Waals surface area contributed by atoms with E-state index in [0.717, 1.165) is 19.5 Å². The van der Waals surface area contributed by atoms with Crippen LogP contribution in [-0.2, 0) is 13.0 Å². The van der Waals surface area contributed by atoms with E-state index in [9.17, 15) is 4.79 Å². The summed E-state index contributed by atoms with van der Waals surface area (Å²) in [5.74, 6) is 0. The number of nitrogens with one attached hydrogen (secondary N) is 1. The minimum Gasteiger partial charge on any atom is -0.315 e. The second-order valence-electron chi connectivity index (χ2n) is 4.57. The first-order chi connectivity index (χ1) is 9.84. The maximum Gasteiger partial charge on any atom is 0.350 e. The predicted molar refractivity (Wildman–Crippen MR) is 80.3 cm³/mol. The van der Waals surface area contributed by atoms with Crippen LogP contribution in [0, 0.1) is 0 Å². The summed E-state index contributed by atoms with van der Waals surface area (Å²) in [5, 5.41) is 11.9. The summed E-state index contributed by atoms with van der Waals surface area (Å²) in [5.41, 5.74) is 1.96. The van der Waals surface area contributed by atoms with Crippen molar-refractivity contribution in [3.8, 4) is 0 Å². The van der Waals surface area contributed by atoms with Crippen molar-refractivity contribution < 1.29 is 0 Å². The van der Waals surface area contributed by atoms with E-state index in [1.807, 2.05) is 18.2 Å². The molecule has 0 radical (unpaired) electrons. The van der Waals surface area contributed by atoms with Gasteiger partial charge in [0.25, 0.3) is 0 Å². The van der Waals surface area contributed by atoms with Crippen molar-refractivity contribution in [2.75, 3.05) is 13.1 Å². The van der Waals surface area contributed by atoms with Crippen molar-refractivity contribution in [3.05, 3.63) is 57.3 Å². The number of thiophene rings is 1. The standard InChI is InChI=1S/C14H16N4OS/c19-14-17-8-2-1-3-13(17)16-18(14)9-7-15-6-4-12-5-10-20-11-12/h1-3,5,8,10-11,15H,4,6-7,9H2. The van der Waals surface area contributed by atoms with Gasteiger partial charge >= 0.3 is 5.69 Å². The zero-order chi connectivity index (χ0) is 13.8. The van der Waals surface area contributed by atoms with E-state index in [2.05, 4.69) is 27.2 Å². The van der Waals surface area contributed by atoms with Crippen LogP contribution < -0.4 is 11.0 Å². The Morgan fingerprint density at radius 3 is 3.00 bits per heavy atom. The second kappa shape index (κ2) is 6.02. The number of nitrogens with zero attached hydrogens (tertiary/aromatic N) is 3. The molecule has 104 valence electrons. The first-order valence-corrected chi connectivity index (χ1v) is 7.55. The van der Waals surface area contributed by atoms with Crippen LogP contribution in [0.25, 0.3) is 5.65 Å². The molecule has 5 nitrogen and oxygen atoms in total. The van der Waals surface area contributed by atoms with Gasteiger partial charge in [0.1, 0.15) is 0 Å². The maximum absolute atomic E-state index is 12.0. The van der Waals surface area contributed by atoms with Crippen LogP contribution in [0.5, 0.6) is 0 Å². The maximum atomic E-state index is 12.0. The predicted octanol–water partition coefficient (Wildman–Crippen LogP) is 1.39. The fourth-order valence-electron chi connectivity index (χ4n) is 2.09. The third-order valence-corrected chi connectivity index (χ3v) is 3.89. The zero-order valence-corrected chi connectivity index (χ0v) is 11.8. The normalized spacial score (nSPS) is 11.2. The molecule has 3 heterocycles. The van der Waals surface area contributed by atoms with Crippen molar-refractivity contribution >= 4 is 17.0 Å². The minimum atomic E-state index is -0.0831. The highest BCUT2D eigenvalue weighted by Crippen LogP contribution is 2.05. The molecule has 1 N–H and O–H groups in total. The van der Waals surface area contributed by atoms with Gasteiger partial charge in [0.05, 0.1) is 6.54 Å². The summed E-state index contributed by atoms with van der Waals surface area (Å²) in [6.45, 7) is 2.25. The molecule has 0 saturated heterocycles. The van der Waals surface area contributed by atoms with Crippen molar-refractivity contribution in [2.45, 2.75) is 13.0 Å². The summed E-state index contributed by atoms with van der Waals surface area (Å²) >= 11 is 1.72. The smallest absolute Gasteiger partial charge is 0.315 e. The minimum absolute atomic E-state index is 0.0831. The Bertz CT molecular complexity index is 729. The largest absolute Gasteiger partial charge is 0.350 e. The van der Waals surface area contributed by atoms with Gasteiger partial charge in [-0.2, -0.15) is 11.3 Å². The van der Waals surface area contributed by atoms with Crippen LogP contribution >= 0.6 is 11.3 Å². The van der Waals surface area contributed by atoms with Crippen molar-refractivity contribution in [2.24, 2.45) is 0 Å². The Balaban J connectivity index is 1.52. The Kier molecular flexibility index (Phi) is 3.94. The van der Waals surface area contributed by atoms with Crippen LogP contribution in [0.1, 0.15) is 5.56 Å². The van der Waals surface area contributed by atoms with Gasteiger partial charge in [0, 0.05) is 12.7 Å². The lowest BCUT2D eigenvalue weighted by atomic mass is 10.2. The molecule has 0 spiro atoms. The Morgan fingerprint density at radius 2 is 2.20 bits per heavy atom. The van der Waals surface area contributed by atoms with E-state index >= 15 is 0 Å². The molecule has 3 aromatic rings. The number of hydrogen-bond donors (Lipinski definition) is 1. The quantitative estimate of drug-likeness (QED) is 0.697. The van der Waals surface area contributed by atoms with E-state index in [4.69, 9.17) is 0 Å². The van der Waals surface area contributed by atoms with E-state index in [1.165, 1.54) is 10.2 Å². The molecule has 6 heteroatoms. The third-order valence-electron chi connectivity index (χ3n) is 3.16. The molecule has 0 aliphatic carbocycles. The average molecular weight is 288 g/mol. The first-order valence-electron chi connectivity index (χ1n) is 6.60. The molecule has 0 aromatic carbocycles. The molecule has 0 amide bonds. The van der Waals surface area contributed by atoms with Crippen LogP contribution in [0.4, 0.5) is 0 Å². The van der Waals surface area contributed by atoms with Gasteiger partial charge in [0.2, 0.25) is 0 Å². The lowest BCUT2D eigenvalue weighted by molar-refractivity contribution is 0.543. The number of hydrogen-bond acceptors (Lipinski definition) is 4. The highest BCUT2D eigenvalue weighted by Gasteiger charge is 2.04. The molecule has 3 rings (SSSR count). The summed E-state index contributed by atoms with van der Waals surface area (Å²) in [7, 11) is 0. The van der Waals surface area contributed by atoms with Gasteiger partial charge in [-0.25, -0.2) is 9.48 Å². The Hall–Kier alpha value is -1.92. The van der Waals surface area contributed by atoms with E-state index < -0.39 is 0 Å². The Labute approximate surface area is 120 Å². The van der Waals surface area contributed by atoms with Crippen molar-refractivity contribution in [1.82, 2.24) is 19.5 Å². The highest BCUT2D eigenvalue weighted by atomic mass is 32.1. The third kappa shape index (κ3) is 2.81. The van der Waals surface area contributed by atoms with Crippen LogP contribution in [0.3, 0.4) is 0 Å². The highest BCUT2D eigenvalue weighted by molar-refractivity contribution is 7.07. The molecule has 0 bridgehead atoms. The molecule has 0 aliphatic heterocycles. The van der Waals surface area contributed by atoms with Crippen LogP contribution in [0.15, 0.2) is 46.0 Å². The average Bonchev–Trinajstić information content (AvgIpc) is 3.08. The summed E-state index contributed by atoms with van der Waals surface area (Å²) < 4.78 is 3.07. The van der Waals surface area contributed by atoms with E-state index in [0.29, 0.717) is 12.2 Å². The van der Waals surface area contributed by atoms with Gasteiger partial charge in [-0.15, -0.1) is 5.10 Å². The summed E-state index contributed by atoms with van der Waals surface area (Å²) in [6.07, 6.45) is 2.76. The molecule has 3 aromatic heterocycles. The summed E-state index contributed by atoms with van der Waals surface area (Å²) in [6, 6.07) is 7.69. The first kappa shape index (κ1) is 13.1. The van der Waals surface area contributed by atoms with Crippen molar-refractivity contribution in [3.63, 3.8) is 0 Å². The van der Waals surface area contributed by atoms with Gasteiger partial charge in [-0.1, -0.05) is 6.07 Å². The lowest BCUT2D eigenvalue weighted by Crippen LogP contribution is -2.28. The van der Waals surface area contributed by atoms with Gasteiger partial charge in [-0.05, 0) is 47.5 Å². The number of fused-ring (bicyclic) bond motifs is 1. The molecular formula is C14H16N4OS. The van der Waals surface area contributed by atoms with Gasteiger partial charge in [-0.3, -0.25) is 4.40 Å². The number of aromatic nitrogens is 3. The molecule has 0 fully saturated rings. The number of rotatable bonds is 6. The Morgan fingerprint density at radius 1 is 1.25 bits per heavy atom. The molecule has 0 atom stereocenters. The molecule has 20 heavy (non-hydrogen) atoms. The number of pyridine rings is 1. The topological polar surface area (TPSA) is 51.3 Å². The fraction of sp³-hybridized carbons (Fsp3) is 0.286. The van der Waals surface area contributed by atoms with Crippen LogP contribution in [0.2, 0.25) is 0 Å². The SMILES string of the molecule is O=c1n(CCNCCc2ccsc2)nc2ccccn12. The van der Waals surface area contributed by atoms with E-state index in [-0.39, 0.29) is 5.69 Å². The fourth-order valence-corrected chi connectivity index (χ4v) is 2.79. The molecule has 0 unspecified atom stereocenters. The summed E-state index contributed by atoms with van der Waals surface area (Å²) in [4.78, 5) is 12.0. The molecular weight excluding hydrogens is 272 g/mol. The molecule has 0 aliphatic rings. The molecule has 0 saturated carbocycles. The second-order valence-corrected chi connectivity index (χ2v) is 5.35. The van der Waals surface area contributed by atoms with Crippen LogP contribution in [-0.4, -0.2) is 27.3 Å². The van der Waals surface area contributed by atoms with Gasteiger partial charge in [0.15, 0.2) is 5.65 Å². The van der Waals surface area contributed by atoms with Gasteiger partial charge < -0.3 is 5.32 Å².